The SMILES string of the molecule is Cc1ccc(N2c3ccc(C)cc3B3c4cc(C(C)(C)C)cc5c4N(c4cc(N6c7ccc(C(C)(C)C)cc7C7(C)CCc8ccccc8C67C)cc2c43)C2(C)CCCCC52c2ccccc2)cc1. The van der Waals surface area contributed by atoms with Crippen molar-refractivity contribution in [3.63, 3.8) is 0 Å². The van der Waals surface area contributed by atoms with Crippen LogP contribution < -0.4 is 31.1 Å². The van der Waals surface area contributed by atoms with E-state index in [0.29, 0.717) is 0 Å². The first-order chi connectivity index (χ1) is 32.9. The minimum absolute atomic E-state index is 0.0292. The van der Waals surface area contributed by atoms with Crippen molar-refractivity contribution in [3.05, 3.63) is 190 Å². The first-order valence-corrected chi connectivity index (χ1v) is 26.1. The molecule has 1 fully saturated rings. The highest BCUT2D eigenvalue weighted by atomic mass is 15.3. The van der Waals surface area contributed by atoms with Crippen molar-refractivity contribution in [2.45, 2.75) is 147 Å². The summed E-state index contributed by atoms with van der Waals surface area (Å²) < 4.78 is 0. The molecule has 6 aliphatic rings. The normalized spacial score (nSPS) is 24.8. The van der Waals surface area contributed by atoms with Gasteiger partial charge in [-0.3, -0.25) is 0 Å². The van der Waals surface area contributed by atoms with E-state index in [1.54, 1.807) is 0 Å². The summed E-state index contributed by atoms with van der Waals surface area (Å²) in [6, 6.07) is 56.0. The molecule has 0 spiro atoms. The molecule has 4 aliphatic heterocycles. The van der Waals surface area contributed by atoms with Crippen LogP contribution in [-0.4, -0.2) is 12.3 Å². The van der Waals surface area contributed by atoms with Gasteiger partial charge in [0.25, 0.3) is 6.71 Å². The number of benzene rings is 7. The zero-order chi connectivity index (χ0) is 47.8. The van der Waals surface area contributed by atoms with Crippen LogP contribution in [0.3, 0.4) is 0 Å². The van der Waals surface area contributed by atoms with E-state index in [1.807, 2.05) is 0 Å². The highest BCUT2D eigenvalue weighted by Crippen LogP contribution is 2.67. The molecular formula is C65H68BN3. The van der Waals surface area contributed by atoms with Crippen molar-refractivity contribution >= 4 is 62.9 Å². The first kappa shape index (κ1) is 43.1. The maximum Gasteiger partial charge on any atom is 0.252 e. The fraction of sp³-hybridized carbons (Fsp3) is 0.354. The van der Waals surface area contributed by atoms with Crippen molar-refractivity contribution in [3.8, 4) is 0 Å². The van der Waals surface area contributed by atoms with Crippen LogP contribution in [0.2, 0.25) is 0 Å². The summed E-state index contributed by atoms with van der Waals surface area (Å²) >= 11 is 0. The van der Waals surface area contributed by atoms with Gasteiger partial charge in [0, 0.05) is 50.6 Å². The summed E-state index contributed by atoms with van der Waals surface area (Å²) in [6.45, 7) is 26.8. The predicted octanol–water partition coefficient (Wildman–Crippen LogP) is 14.6. The van der Waals surface area contributed by atoms with E-state index in [-0.39, 0.29) is 39.5 Å². The number of hydrogen-bond donors (Lipinski definition) is 0. The highest BCUT2D eigenvalue weighted by molar-refractivity contribution is 7.00. The molecule has 0 amide bonds. The molecule has 7 aromatic rings. The third kappa shape index (κ3) is 5.47. The number of nitrogens with zero attached hydrogens (tertiary/aromatic N) is 3. The molecule has 0 aromatic heterocycles. The number of anilines is 7. The van der Waals surface area contributed by atoms with Gasteiger partial charge in [-0.1, -0.05) is 176 Å². The molecule has 0 bridgehead atoms. The number of rotatable bonds is 3. The van der Waals surface area contributed by atoms with Crippen LogP contribution in [0.25, 0.3) is 0 Å². The minimum atomic E-state index is -0.355. The van der Waals surface area contributed by atoms with Gasteiger partial charge in [-0.25, -0.2) is 0 Å². The van der Waals surface area contributed by atoms with Crippen LogP contribution in [-0.2, 0) is 33.6 Å². The third-order valence-corrected chi connectivity index (χ3v) is 19.0. The standard InChI is InChI=1S/C65H68BN3/c1-41-23-27-47(28-24-41)67-55-29-25-42(2)35-52(55)66-53-38-46(61(6,7)8)37-51-59(53)69(63(10)32-17-18-33-65(51,63)44-20-13-12-14-21-44)57-40-48(39-56(67)58(57)66)68-54-30-26-45(60(3,4)5)36-50(54)62(9)34-31-43-19-15-16-22-49(43)64(62,68)11/h12-16,19-30,35-40H,17-18,31-34H2,1-11H3. The Morgan fingerprint density at radius 3 is 1.93 bits per heavy atom. The van der Waals surface area contributed by atoms with Gasteiger partial charge in [0.2, 0.25) is 0 Å². The average molecular weight is 902 g/mol. The summed E-state index contributed by atoms with van der Waals surface area (Å²) in [5.74, 6) is 0. The van der Waals surface area contributed by atoms with Crippen molar-refractivity contribution in [1.82, 2.24) is 0 Å². The zero-order valence-electron chi connectivity index (χ0n) is 42.9. The minimum Gasteiger partial charge on any atom is -0.335 e. The van der Waals surface area contributed by atoms with E-state index < -0.39 is 0 Å². The molecule has 4 heterocycles. The Morgan fingerprint density at radius 2 is 1.17 bits per heavy atom. The van der Waals surface area contributed by atoms with Gasteiger partial charge >= 0.3 is 0 Å². The molecule has 1 saturated carbocycles. The second kappa shape index (κ2) is 14.1. The molecule has 0 N–H and O–H groups in total. The Labute approximate surface area is 412 Å². The number of fused-ring (bicyclic) bond motifs is 12. The van der Waals surface area contributed by atoms with Crippen LogP contribution in [0.5, 0.6) is 0 Å². The Balaban J connectivity index is 1.19. The molecule has 4 heteroatoms. The molecule has 2 aliphatic carbocycles. The molecular weight excluding hydrogens is 834 g/mol. The largest absolute Gasteiger partial charge is 0.335 e. The van der Waals surface area contributed by atoms with E-state index in [1.165, 1.54) is 119 Å². The lowest BCUT2D eigenvalue weighted by atomic mass is 9.33. The van der Waals surface area contributed by atoms with Crippen molar-refractivity contribution in [1.29, 1.82) is 0 Å². The van der Waals surface area contributed by atoms with E-state index >= 15 is 0 Å². The maximum absolute atomic E-state index is 2.96. The second-order valence-electron chi connectivity index (χ2n) is 24.7. The Morgan fingerprint density at radius 1 is 0.507 bits per heavy atom. The van der Waals surface area contributed by atoms with E-state index in [9.17, 15) is 0 Å². The lowest BCUT2D eigenvalue weighted by molar-refractivity contribution is 0.215. The van der Waals surface area contributed by atoms with Crippen molar-refractivity contribution in [2.24, 2.45) is 0 Å². The molecule has 0 saturated heterocycles. The van der Waals surface area contributed by atoms with E-state index in [2.05, 4.69) is 230 Å². The first-order valence-electron chi connectivity index (χ1n) is 26.1. The van der Waals surface area contributed by atoms with Crippen LogP contribution in [0.1, 0.15) is 144 Å². The molecule has 13 rings (SSSR count). The van der Waals surface area contributed by atoms with Gasteiger partial charge in [0.05, 0.1) is 11.1 Å². The molecule has 3 nitrogen and oxygen atoms in total. The lowest BCUT2D eigenvalue weighted by Crippen LogP contribution is -2.65. The quantitative estimate of drug-likeness (QED) is 0.164. The molecule has 7 aromatic carbocycles. The summed E-state index contributed by atoms with van der Waals surface area (Å²) in [7, 11) is 0. The van der Waals surface area contributed by atoms with Gasteiger partial charge in [-0.2, -0.15) is 0 Å². The smallest absolute Gasteiger partial charge is 0.252 e. The summed E-state index contributed by atoms with van der Waals surface area (Å²) in [6.07, 6.45) is 6.85. The third-order valence-electron chi connectivity index (χ3n) is 19.0. The Kier molecular flexibility index (Phi) is 8.79. The summed E-state index contributed by atoms with van der Waals surface area (Å²) in [5, 5.41) is 0. The molecule has 4 unspecified atom stereocenters. The fourth-order valence-electron chi connectivity index (χ4n) is 15.2. The predicted molar refractivity (Wildman–Crippen MR) is 293 cm³/mol. The van der Waals surface area contributed by atoms with Gasteiger partial charge in [0.1, 0.15) is 0 Å². The van der Waals surface area contributed by atoms with Gasteiger partial charge < -0.3 is 14.7 Å². The van der Waals surface area contributed by atoms with Crippen molar-refractivity contribution < 1.29 is 0 Å². The van der Waals surface area contributed by atoms with Crippen LogP contribution in [0, 0.1) is 13.8 Å². The van der Waals surface area contributed by atoms with Crippen LogP contribution >= 0.6 is 0 Å². The topological polar surface area (TPSA) is 9.72 Å². The summed E-state index contributed by atoms with van der Waals surface area (Å²) in [5.41, 5.74) is 25.5. The number of hydrogen-bond acceptors (Lipinski definition) is 3. The lowest BCUT2D eigenvalue weighted by Gasteiger charge is -2.55. The fourth-order valence-corrected chi connectivity index (χ4v) is 15.2. The number of aryl methyl sites for hydroxylation is 3. The molecule has 346 valence electrons. The summed E-state index contributed by atoms with van der Waals surface area (Å²) in [4.78, 5) is 8.44. The van der Waals surface area contributed by atoms with E-state index in [4.69, 9.17) is 0 Å². The van der Waals surface area contributed by atoms with Gasteiger partial charge in [-0.05, 0) is 156 Å². The molecule has 69 heavy (non-hydrogen) atoms. The Bertz CT molecular complexity index is 3300. The zero-order valence-corrected chi connectivity index (χ0v) is 42.9. The monoisotopic (exact) mass is 902 g/mol. The van der Waals surface area contributed by atoms with Crippen LogP contribution in [0.15, 0.2) is 140 Å². The van der Waals surface area contributed by atoms with Gasteiger partial charge in [-0.15, -0.1) is 0 Å². The van der Waals surface area contributed by atoms with Crippen molar-refractivity contribution in [2.75, 3.05) is 14.7 Å². The van der Waals surface area contributed by atoms with Crippen LogP contribution in [0.4, 0.5) is 39.8 Å². The van der Waals surface area contributed by atoms with Gasteiger partial charge in [0.15, 0.2) is 0 Å². The molecule has 4 atom stereocenters. The Hall–Kier alpha value is -6.00. The molecule has 0 radical (unpaired) electrons. The van der Waals surface area contributed by atoms with E-state index in [0.717, 1.165) is 25.7 Å². The highest BCUT2D eigenvalue weighted by Gasteiger charge is 2.65. The average Bonchev–Trinajstić information content (AvgIpc) is 3.70. The second-order valence-corrected chi connectivity index (χ2v) is 24.7. The maximum atomic E-state index is 2.96.